The molecule has 2 unspecified atom stereocenters. The van der Waals surface area contributed by atoms with Crippen molar-refractivity contribution in [3.05, 3.63) is 36.3 Å². The largest absolute Gasteiger partial charge is 0.365 e. The second-order valence-electron chi connectivity index (χ2n) is 6.37. The van der Waals surface area contributed by atoms with Gasteiger partial charge in [-0.3, -0.25) is 14.8 Å². The normalized spacial score (nSPS) is 19.1. The second kappa shape index (κ2) is 9.21. The van der Waals surface area contributed by atoms with Gasteiger partial charge < -0.3 is 10.6 Å². The lowest BCUT2D eigenvalue weighted by molar-refractivity contribution is -0.125. The molecule has 5 heteroatoms. The van der Waals surface area contributed by atoms with E-state index in [1.165, 1.54) is 0 Å². The standard InChI is InChI=1S/C19H28N4O/c1-4-14(3)9-10-15(5-2)19(24)23-18-13-21-17(12-22-18)16-8-6-7-11-20-16/h6-8,11-15,18,22H,4-5,9-10H2,1-3H3,(H,23,24)/t14-,15?,18?/m1/s1. The minimum Gasteiger partial charge on any atom is -0.365 e. The van der Waals surface area contributed by atoms with Crippen LogP contribution in [0.25, 0.3) is 5.70 Å². The molecule has 0 saturated carbocycles. The molecular formula is C19H28N4O. The van der Waals surface area contributed by atoms with Crippen molar-refractivity contribution in [1.29, 1.82) is 0 Å². The van der Waals surface area contributed by atoms with E-state index in [1.54, 1.807) is 18.6 Å². The number of carbonyl (C=O) groups is 1. The van der Waals surface area contributed by atoms with Gasteiger partial charge in [0.2, 0.25) is 5.91 Å². The number of amides is 1. The van der Waals surface area contributed by atoms with Gasteiger partial charge in [-0.25, -0.2) is 0 Å². The Morgan fingerprint density at radius 1 is 1.29 bits per heavy atom. The molecule has 1 amide bonds. The van der Waals surface area contributed by atoms with E-state index in [-0.39, 0.29) is 18.0 Å². The number of rotatable bonds is 8. The van der Waals surface area contributed by atoms with Crippen LogP contribution in [0.15, 0.2) is 35.6 Å². The highest BCUT2D eigenvalue weighted by Gasteiger charge is 2.20. The molecule has 0 radical (unpaired) electrons. The first-order valence-corrected chi connectivity index (χ1v) is 8.86. The maximum absolute atomic E-state index is 12.4. The molecule has 0 aliphatic carbocycles. The van der Waals surface area contributed by atoms with E-state index >= 15 is 0 Å². The van der Waals surface area contributed by atoms with Gasteiger partial charge in [-0.1, -0.05) is 33.3 Å². The van der Waals surface area contributed by atoms with Crippen LogP contribution in [-0.2, 0) is 4.79 Å². The number of carbonyl (C=O) groups excluding carboxylic acids is 1. The summed E-state index contributed by atoms with van der Waals surface area (Å²) in [6.07, 6.45) is 9.06. The molecule has 1 aromatic heterocycles. The highest BCUT2D eigenvalue weighted by Crippen LogP contribution is 2.18. The summed E-state index contributed by atoms with van der Waals surface area (Å²) in [4.78, 5) is 21.1. The predicted molar refractivity (Wildman–Crippen MR) is 98.2 cm³/mol. The predicted octanol–water partition coefficient (Wildman–Crippen LogP) is 3.35. The van der Waals surface area contributed by atoms with Gasteiger partial charge in [0.25, 0.3) is 0 Å². The van der Waals surface area contributed by atoms with Crippen molar-refractivity contribution >= 4 is 17.8 Å². The molecule has 1 aliphatic rings. The number of nitrogens with zero attached hydrogens (tertiary/aromatic N) is 2. The van der Waals surface area contributed by atoms with E-state index in [2.05, 4.69) is 41.4 Å². The summed E-state index contributed by atoms with van der Waals surface area (Å²) >= 11 is 0. The van der Waals surface area contributed by atoms with Crippen LogP contribution in [0.5, 0.6) is 0 Å². The van der Waals surface area contributed by atoms with Crippen LogP contribution in [-0.4, -0.2) is 23.3 Å². The lowest BCUT2D eigenvalue weighted by Crippen LogP contribution is -2.47. The van der Waals surface area contributed by atoms with Gasteiger partial charge in [0, 0.05) is 24.5 Å². The third kappa shape index (κ3) is 5.18. The summed E-state index contributed by atoms with van der Waals surface area (Å²) in [5.74, 6) is 0.833. The van der Waals surface area contributed by atoms with Crippen LogP contribution in [0.4, 0.5) is 0 Å². The Bertz CT molecular complexity index is 582. The number of nitrogens with one attached hydrogen (secondary N) is 2. The number of hydrogen-bond acceptors (Lipinski definition) is 4. The average molecular weight is 328 g/mol. The molecule has 0 bridgehead atoms. The van der Waals surface area contributed by atoms with E-state index in [0.29, 0.717) is 5.92 Å². The summed E-state index contributed by atoms with van der Waals surface area (Å²) in [5, 5.41) is 6.19. The van der Waals surface area contributed by atoms with Crippen molar-refractivity contribution in [2.24, 2.45) is 16.8 Å². The fourth-order valence-corrected chi connectivity index (χ4v) is 2.62. The van der Waals surface area contributed by atoms with E-state index in [9.17, 15) is 4.79 Å². The van der Waals surface area contributed by atoms with Crippen LogP contribution in [0, 0.1) is 11.8 Å². The van der Waals surface area contributed by atoms with E-state index in [1.807, 2.05) is 18.2 Å². The maximum Gasteiger partial charge on any atom is 0.224 e. The Morgan fingerprint density at radius 2 is 2.12 bits per heavy atom. The first kappa shape index (κ1) is 18.2. The van der Waals surface area contributed by atoms with E-state index in [4.69, 9.17) is 0 Å². The van der Waals surface area contributed by atoms with Crippen LogP contribution < -0.4 is 10.6 Å². The average Bonchev–Trinajstić information content (AvgIpc) is 2.63. The molecule has 2 N–H and O–H groups in total. The Morgan fingerprint density at radius 3 is 2.71 bits per heavy atom. The topological polar surface area (TPSA) is 66.4 Å². The Labute approximate surface area is 144 Å². The minimum absolute atomic E-state index is 0.0652. The van der Waals surface area contributed by atoms with Crippen LogP contribution in [0.1, 0.15) is 52.1 Å². The summed E-state index contributed by atoms with van der Waals surface area (Å²) < 4.78 is 0. The zero-order valence-corrected chi connectivity index (χ0v) is 14.8. The fourth-order valence-electron chi connectivity index (χ4n) is 2.62. The van der Waals surface area contributed by atoms with Crippen molar-refractivity contribution in [3.63, 3.8) is 0 Å². The van der Waals surface area contributed by atoms with Crippen molar-refractivity contribution in [1.82, 2.24) is 15.6 Å². The van der Waals surface area contributed by atoms with Crippen LogP contribution in [0.2, 0.25) is 0 Å². The lowest BCUT2D eigenvalue weighted by Gasteiger charge is -2.22. The number of aromatic nitrogens is 1. The molecule has 5 nitrogen and oxygen atoms in total. The van der Waals surface area contributed by atoms with E-state index in [0.717, 1.165) is 37.1 Å². The van der Waals surface area contributed by atoms with Crippen LogP contribution in [0.3, 0.4) is 0 Å². The lowest BCUT2D eigenvalue weighted by atomic mass is 9.93. The number of pyridine rings is 1. The molecule has 2 heterocycles. The summed E-state index contributed by atoms with van der Waals surface area (Å²) in [7, 11) is 0. The van der Waals surface area contributed by atoms with Gasteiger partial charge in [-0.2, -0.15) is 0 Å². The van der Waals surface area contributed by atoms with Crippen molar-refractivity contribution in [2.45, 2.75) is 52.6 Å². The third-order valence-electron chi connectivity index (χ3n) is 4.56. The molecule has 0 spiro atoms. The van der Waals surface area contributed by atoms with Gasteiger partial charge in [-0.05, 0) is 37.3 Å². The van der Waals surface area contributed by atoms with Gasteiger partial charge in [-0.15, -0.1) is 0 Å². The third-order valence-corrected chi connectivity index (χ3v) is 4.56. The zero-order chi connectivity index (χ0) is 17.4. The van der Waals surface area contributed by atoms with Gasteiger partial charge in [0.1, 0.15) is 11.9 Å². The first-order valence-electron chi connectivity index (χ1n) is 8.86. The van der Waals surface area contributed by atoms with Crippen LogP contribution >= 0.6 is 0 Å². The molecule has 24 heavy (non-hydrogen) atoms. The molecule has 2 rings (SSSR count). The summed E-state index contributed by atoms with van der Waals surface area (Å²) in [6, 6.07) is 5.71. The van der Waals surface area contributed by atoms with Gasteiger partial charge in [0.15, 0.2) is 0 Å². The zero-order valence-electron chi connectivity index (χ0n) is 14.8. The Hall–Kier alpha value is -2.17. The van der Waals surface area contributed by atoms with Crippen molar-refractivity contribution in [2.75, 3.05) is 0 Å². The number of hydrogen-bond donors (Lipinski definition) is 2. The molecule has 130 valence electrons. The monoisotopic (exact) mass is 328 g/mol. The fraction of sp³-hybridized carbons (Fsp3) is 0.526. The molecule has 0 fully saturated rings. The number of aliphatic imine (C=N–C) groups is 1. The molecular weight excluding hydrogens is 300 g/mol. The molecule has 0 aromatic carbocycles. The summed E-state index contributed by atoms with van der Waals surface area (Å²) in [6.45, 7) is 6.51. The van der Waals surface area contributed by atoms with Gasteiger partial charge in [0.05, 0.1) is 5.69 Å². The highest BCUT2D eigenvalue weighted by atomic mass is 16.2. The molecule has 0 saturated heterocycles. The van der Waals surface area contributed by atoms with E-state index < -0.39 is 0 Å². The SMILES string of the molecule is CCC(CC[C@H](C)CC)C(=O)NC1C=NC(c2ccccn2)=CN1. The second-order valence-corrected chi connectivity index (χ2v) is 6.37. The first-order chi connectivity index (χ1) is 11.6. The molecule has 1 aliphatic heterocycles. The van der Waals surface area contributed by atoms with Gasteiger partial charge >= 0.3 is 0 Å². The van der Waals surface area contributed by atoms with Crippen molar-refractivity contribution < 1.29 is 4.79 Å². The smallest absolute Gasteiger partial charge is 0.224 e. The molecule has 1 aromatic rings. The molecule has 3 atom stereocenters. The quantitative estimate of drug-likeness (QED) is 0.769. The summed E-state index contributed by atoms with van der Waals surface area (Å²) in [5.41, 5.74) is 1.58. The highest BCUT2D eigenvalue weighted by molar-refractivity contribution is 5.85. The Balaban J connectivity index is 1.85. The Kier molecular flexibility index (Phi) is 6.97. The minimum atomic E-state index is -0.261. The van der Waals surface area contributed by atoms with Crippen molar-refractivity contribution in [3.8, 4) is 0 Å². The maximum atomic E-state index is 12.4.